The van der Waals surface area contributed by atoms with E-state index in [4.69, 9.17) is 4.42 Å². The molecule has 2 aromatic heterocycles. The van der Waals surface area contributed by atoms with E-state index in [0.717, 1.165) is 17.7 Å². The molecule has 0 aromatic carbocycles. The van der Waals surface area contributed by atoms with Crippen molar-refractivity contribution in [1.82, 2.24) is 10.3 Å². The van der Waals surface area contributed by atoms with Crippen LogP contribution in [-0.4, -0.2) is 12.0 Å². The fourth-order valence-corrected chi connectivity index (χ4v) is 1.59. The standard InChI is InChI=1S/C12H13FN2O/c1-14-12(6-9-4-5-16-8-9)11-3-2-10(13)7-15-11/h2-5,7-8,12,14H,6H2,1H3. The van der Waals surface area contributed by atoms with Gasteiger partial charge in [-0.1, -0.05) is 0 Å². The van der Waals surface area contributed by atoms with E-state index in [9.17, 15) is 4.39 Å². The van der Waals surface area contributed by atoms with Gasteiger partial charge in [0.05, 0.1) is 30.5 Å². The average molecular weight is 220 g/mol. The van der Waals surface area contributed by atoms with E-state index in [1.165, 1.54) is 12.3 Å². The number of halogens is 1. The van der Waals surface area contributed by atoms with Crippen LogP contribution in [0.5, 0.6) is 0 Å². The molecule has 84 valence electrons. The zero-order valence-corrected chi connectivity index (χ0v) is 8.98. The maximum atomic E-state index is 12.7. The normalized spacial score (nSPS) is 12.6. The minimum absolute atomic E-state index is 0.0678. The summed E-state index contributed by atoms with van der Waals surface area (Å²) in [5, 5.41) is 3.15. The first-order chi connectivity index (χ1) is 7.79. The van der Waals surface area contributed by atoms with Crippen LogP contribution in [0.25, 0.3) is 0 Å². The zero-order chi connectivity index (χ0) is 11.4. The van der Waals surface area contributed by atoms with Crippen LogP contribution < -0.4 is 5.32 Å². The van der Waals surface area contributed by atoms with Gasteiger partial charge < -0.3 is 9.73 Å². The molecule has 3 nitrogen and oxygen atoms in total. The topological polar surface area (TPSA) is 38.1 Å². The zero-order valence-electron chi connectivity index (χ0n) is 8.98. The highest BCUT2D eigenvalue weighted by Crippen LogP contribution is 2.16. The van der Waals surface area contributed by atoms with Crippen molar-refractivity contribution in [3.63, 3.8) is 0 Å². The van der Waals surface area contributed by atoms with Crippen molar-refractivity contribution in [2.45, 2.75) is 12.5 Å². The molecule has 0 aliphatic carbocycles. The van der Waals surface area contributed by atoms with Crippen LogP contribution >= 0.6 is 0 Å². The lowest BCUT2D eigenvalue weighted by atomic mass is 10.1. The summed E-state index contributed by atoms with van der Waals surface area (Å²) in [6, 6.07) is 5.09. The lowest BCUT2D eigenvalue weighted by Crippen LogP contribution is -2.19. The number of nitrogens with zero attached hydrogens (tertiary/aromatic N) is 1. The van der Waals surface area contributed by atoms with Gasteiger partial charge in [0.2, 0.25) is 0 Å². The number of furan rings is 1. The monoisotopic (exact) mass is 220 g/mol. The van der Waals surface area contributed by atoms with Gasteiger partial charge in [0.25, 0.3) is 0 Å². The Hall–Kier alpha value is -1.68. The molecule has 0 spiro atoms. The first-order valence-corrected chi connectivity index (χ1v) is 5.09. The Morgan fingerprint density at radius 2 is 2.31 bits per heavy atom. The second-order valence-corrected chi connectivity index (χ2v) is 3.58. The molecule has 0 saturated carbocycles. The van der Waals surface area contributed by atoms with E-state index in [2.05, 4.69) is 10.3 Å². The molecule has 0 aliphatic heterocycles. The molecule has 1 N–H and O–H groups in total. The summed E-state index contributed by atoms with van der Waals surface area (Å²) in [5.74, 6) is -0.318. The number of likely N-dealkylation sites (N-methyl/N-ethyl adjacent to an activating group) is 1. The molecule has 1 unspecified atom stereocenters. The summed E-state index contributed by atoms with van der Waals surface area (Å²) in [6.07, 6.45) is 5.34. The van der Waals surface area contributed by atoms with Gasteiger partial charge in [0.1, 0.15) is 5.82 Å². The fourth-order valence-electron chi connectivity index (χ4n) is 1.59. The lowest BCUT2D eigenvalue weighted by Gasteiger charge is -2.14. The number of nitrogens with one attached hydrogen (secondary N) is 1. The molecule has 1 atom stereocenters. The summed E-state index contributed by atoms with van der Waals surface area (Å²) in [5.41, 5.74) is 1.91. The van der Waals surface area contributed by atoms with Crippen molar-refractivity contribution >= 4 is 0 Å². The fraction of sp³-hybridized carbons (Fsp3) is 0.250. The number of hydrogen-bond acceptors (Lipinski definition) is 3. The average Bonchev–Trinajstić information content (AvgIpc) is 2.80. The molecule has 0 radical (unpaired) electrons. The van der Waals surface area contributed by atoms with Gasteiger partial charge in [-0.3, -0.25) is 4.98 Å². The van der Waals surface area contributed by atoms with Crippen molar-refractivity contribution in [3.05, 3.63) is 54.0 Å². The SMILES string of the molecule is CNC(Cc1ccoc1)c1ccc(F)cn1. The van der Waals surface area contributed by atoms with Gasteiger partial charge in [-0.25, -0.2) is 4.39 Å². The Morgan fingerprint density at radius 1 is 1.44 bits per heavy atom. The Balaban J connectivity index is 2.13. The Labute approximate surface area is 93.3 Å². The minimum Gasteiger partial charge on any atom is -0.472 e. The highest BCUT2D eigenvalue weighted by Gasteiger charge is 2.12. The van der Waals surface area contributed by atoms with Crippen LogP contribution in [-0.2, 0) is 6.42 Å². The number of pyridine rings is 1. The summed E-state index contributed by atoms with van der Waals surface area (Å²) >= 11 is 0. The highest BCUT2D eigenvalue weighted by molar-refractivity contribution is 5.15. The van der Waals surface area contributed by atoms with Gasteiger partial charge in [-0.05, 0) is 37.2 Å². The number of aromatic nitrogens is 1. The maximum Gasteiger partial charge on any atom is 0.141 e. The molecule has 0 saturated heterocycles. The van der Waals surface area contributed by atoms with Crippen molar-refractivity contribution in [3.8, 4) is 0 Å². The van der Waals surface area contributed by atoms with Crippen LogP contribution in [0.4, 0.5) is 4.39 Å². The van der Waals surface area contributed by atoms with Gasteiger partial charge in [-0.15, -0.1) is 0 Å². The summed E-state index contributed by atoms with van der Waals surface area (Å²) in [4.78, 5) is 4.06. The Morgan fingerprint density at radius 3 is 2.88 bits per heavy atom. The molecule has 2 rings (SSSR count). The quantitative estimate of drug-likeness (QED) is 0.859. The largest absolute Gasteiger partial charge is 0.472 e. The second kappa shape index (κ2) is 4.90. The Kier molecular flexibility index (Phi) is 3.31. The third-order valence-electron chi connectivity index (χ3n) is 2.48. The van der Waals surface area contributed by atoms with Crippen LogP contribution in [0.2, 0.25) is 0 Å². The van der Waals surface area contributed by atoms with Crippen LogP contribution in [0, 0.1) is 5.82 Å². The number of hydrogen-bond donors (Lipinski definition) is 1. The predicted molar refractivity (Wildman–Crippen MR) is 58.4 cm³/mol. The van der Waals surface area contributed by atoms with Gasteiger partial charge >= 0.3 is 0 Å². The molecular formula is C12H13FN2O. The van der Waals surface area contributed by atoms with Crippen LogP contribution in [0.15, 0.2) is 41.3 Å². The predicted octanol–water partition coefficient (Wildman–Crippen LogP) is 2.32. The second-order valence-electron chi connectivity index (χ2n) is 3.58. The van der Waals surface area contributed by atoms with E-state index in [0.29, 0.717) is 0 Å². The third-order valence-corrected chi connectivity index (χ3v) is 2.48. The molecule has 2 aromatic rings. The minimum atomic E-state index is -0.318. The smallest absolute Gasteiger partial charge is 0.141 e. The van der Waals surface area contributed by atoms with Crippen molar-refractivity contribution in [2.75, 3.05) is 7.05 Å². The summed E-state index contributed by atoms with van der Waals surface area (Å²) in [7, 11) is 1.86. The molecule has 4 heteroatoms. The van der Waals surface area contributed by atoms with Crippen molar-refractivity contribution in [1.29, 1.82) is 0 Å². The van der Waals surface area contributed by atoms with Crippen molar-refractivity contribution in [2.24, 2.45) is 0 Å². The molecule has 0 aliphatic rings. The number of rotatable bonds is 4. The summed E-state index contributed by atoms with van der Waals surface area (Å²) < 4.78 is 17.7. The molecule has 0 fully saturated rings. The molecular weight excluding hydrogens is 207 g/mol. The van der Waals surface area contributed by atoms with E-state index < -0.39 is 0 Å². The Bertz CT molecular complexity index is 425. The highest BCUT2D eigenvalue weighted by atomic mass is 19.1. The van der Waals surface area contributed by atoms with Gasteiger partial charge in [-0.2, -0.15) is 0 Å². The van der Waals surface area contributed by atoms with E-state index >= 15 is 0 Å². The van der Waals surface area contributed by atoms with Gasteiger partial charge in [0, 0.05) is 0 Å². The first kappa shape index (κ1) is 10.8. The van der Waals surface area contributed by atoms with Crippen LogP contribution in [0.1, 0.15) is 17.3 Å². The molecule has 16 heavy (non-hydrogen) atoms. The molecule has 0 amide bonds. The maximum absolute atomic E-state index is 12.7. The molecule has 2 heterocycles. The van der Waals surface area contributed by atoms with E-state index in [1.54, 1.807) is 18.6 Å². The third kappa shape index (κ3) is 2.46. The lowest BCUT2D eigenvalue weighted by molar-refractivity contribution is 0.544. The summed E-state index contributed by atoms with van der Waals surface area (Å²) in [6.45, 7) is 0. The molecule has 0 bridgehead atoms. The van der Waals surface area contributed by atoms with E-state index in [-0.39, 0.29) is 11.9 Å². The van der Waals surface area contributed by atoms with E-state index in [1.807, 2.05) is 13.1 Å². The van der Waals surface area contributed by atoms with Crippen molar-refractivity contribution < 1.29 is 8.81 Å². The van der Waals surface area contributed by atoms with Crippen LogP contribution in [0.3, 0.4) is 0 Å². The first-order valence-electron chi connectivity index (χ1n) is 5.09. The van der Waals surface area contributed by atoms with Gasteiger partial charge in [0.15, 0.2) is 0 Å².